The maximum atomic E-state index is 13.4. The summed E-state index contributed by atoms with van der Waals surface area (Å²) in [5.41, 5.74) is 3.19. The van der Waals surface area contributed by atoms with Crippen molar-refractivity contribution in [3.63, 3.8) is 0 Å². The molecular formula is C19H22F2O7S. The van der Waals surface area contributed by atoms with E-state index >= 15 is 0 Å². The molecule has 10 heteroatoms. The topological polar surface area (TPSA) is 107 Å². The van der Waals surface area contributed by atoms with Crippen LogP contribution in [0, 0.1) is 32.6 Å². The first kappa shape index (κ1) is 21.6. The van der Waals surface area contributed by atoms with Crippen molar-refractivity contribution < 1.29 is 40.8 Å². The van der Waals surface area contributed by atoms with Gasteiger partial charge in [-0.2, -0.15) is 17.2 Å². The van der Waals surface area contributed by atoms with E-state index in [1.165, 1.54) is 0 Å². The zero-order valence-corrected chi connectivity index (χ0v) is 17.0. The molecule has 2 bridgehead atoms. The number of esters is 2. The van der Waals surface area contributed by atoms with Crippen molar-refractivity contribution in [1.82, 2.24) is 0 Å². The molecule has 2 saturated carbocycles. The van der Waals surface area contributed by atoms with Crippen LogP contribution in [0.4, 0.5) is 8.78 Å². The number of rotatable bonds is 5. The molecule has 1 N–H and O–H groups in total. The van der Waals surface area contributed by atoms with Gasteiger partial charge in [0.25, 0.3) is 0 Å². The molecule has 4 atom stereocenters. The molecule has 4 unspecified atom stereocenters. The number of hydrogen-bond acceptors (Lipinski definition) is 6. The molecule has 3 rings (SSSR count). The number of benzene rings is 1. The van der Waals surface area contributed by atoms with Gasteiger partial charge in [0.1, 0.15) is 12.2 Å². The van der Waals surface area contributed by atoms with Crippen LogP contribution < -0.4 is 0 Å². The van der Waals surface area contributed by atoms with E-state index in [9.17, 15) is 26.8 Å². The van der Waals surface area contributed by atoms with Gasteiger partial charge in [-0.1, -0.05) is 6.07 Å². The van der Waals surface area contributed by atoms with Gasteiger partial charge < -0.3 is 9.47 Å². The number of halogens is 2. The maximum Gasteiger partial charge on any atom is 0.465 e. The van der Waals surface area contributed by atoms with Gasteiger partial charge in [-0.15, -0.1) is 0 Å². The van der Waals surface area contributed by atoms with Crippen LogP contribution in [-0.2, 0) is 24.4 Å². The van der Waals surface area contributed by atoms with Crippen molar-refractivity contribution >= 4 is 22.1 Å². The minimum Gasteiger partial charge on any atom is -0.458 e. The molecule has 2 fully saturated rings. The Morgan fingerprint density at radius 3 is 2.10 bits per heavy atom. The molecule has 0 aromatic heterocycles. The number of hydrogen-bond donors (Lipinski definition) is 1. The first-order valence-corrected chi connectivity index (χ1v) is 10.6. The Morgan fingerprint density at radius 1 is 1.03 bits per heavy atom. The largest absolute Gasteiger partial charge is 0.465 e. The smallest absolute Gasteiger partial charge is 0.458 e. The Balaban J connectivity index is 1.63. The van der Waals surface area contributed by atoms with Crippen molar-refractivity contribution in [2.45, 2.75) is 57.5 Å². The Hall–Kier alpha value is -2.07. The molecular weight excluding hydrogens is 410 g/mol. The van der Waals surface area contributed by atoms with E-state index in [2.05, 4.69) is 4.74 Å². The third kappa shape index (κ3) is 4.00. The minimum atomic E-state index is -5.90. The third-order valence-electron chi connectivity index (χ3n) is 5.84. The fourth-order valence-corrected chi connectivity index (χ4v) is 4.48. The van der Waals surface area contributed by atoms with Crippen molar-refractivity contribution in [3.8, 4) is 0 Å². The minimum absolute atomic E-state index is 0.174. The Morgan fingerprint density at radius 2 is 1.59 bits per heavy atom. The summed E-state index contributed by atoms with van der Waals surface area (Å²) in [5, 5.41) is -5.01. The van der Waals surface area contributed by atoms with Gasteiger partial charge in [0, 0.05) is 0 Å². The van der Waals surface area contributed by atoms with Gasteiger partial charge >= 0.3 is 27.3 Å². The second-order valence-corrected chi connectivity index (χ2v) is 9.32. The number of carbonyl (C=O) groups excluding carboxylic acids is 2. The van der Waals surface area contributed by atoms with Crippen molar-refractivity contribution in [1.29, 1.82) is 0 Å². The lowest BCUT2D eigenvalue weighted by molar-refractivity contribution is -0.170. The molecule has 160 valence electrons. The molecule has 0 aliphatic heterocycles. The predicted molar refractivity (Wildman–Crippen MR) is 97.1 cm³/mol. The van der Waals surface area contributed by atoms with Gasteiger partial charge in [-0.25, -0.2) is 9.59 Å². The quantitative estimate of drug-likeness (QED) is 0.563. The second kappa shape index (κ2) is 7.32. The molecule has 2 aliphatic carbocycles. The summed E-state index contributed by atoms with van der Waals surface area (Å²) in [4.78, 5) is 24.1. The van der Waals surface area contributed by atoms with Crippen molar-refractivity contribution in [3.05, 3.63) is 34.4 Å². The normalized spacial score (nSPS) is 26.4. The number of aryl methyl sites for hydroxylation is 2. The van der Waals surface area contributed by atoms with Crippen LogP contribution in [0.5, 0.6) is 0 Å². The average molecular weight is 432 g/mol. The fraction of sp³-hybridized carbons (Fsp3) is 0.579. The first-order valence-electron chi connectivity index (χ1n) is 9.16. The highest BCUT2D eigenvalue weighted by molar-refractivity contribution is 7.87. The van der Waals surface area contributed by atoms with E-state index < -0.39 is 39.5 Å². The van der Waals surface area contributed by atoms with Crippen LogP contribution in [0.2, 0.25) is 0 Å². The van der Waals surface area contributed by atoms with Crippen LogP contribution >= 0.6 is 0 Å². The van der Waals surface area contributed by atoms with Gasteiger partial charge in [-0.05, 0) is 74.6 Å². The second-order valence-electron chi connectivity index (χ2n) is 7.86. The predicted octanol–water partition coefficient (Wildman–Crippen LogP) is 2.96. The lowest BCUT2D eigenvalue weighted by atomic mass is 9.94. The van der Waals surface area contributed by atoms with Crippen molar-refractivity contribution in [2.75, 3.05) is 0 Å². The number of ether oxygens (including phenoxy) is 2. The van der Waals surface area contributed by atoms with E-state index in [1.807, 2.05) is 26.8 Å². The summed E-state index contributed by atoms with van der Waals surface area (Å²) in [6, 6.07) is 3.71. The van der Waals surface area contributed by atoms with E-state index in [0.29, 0.717) is 18.4 Å². The molecule has 1 aromatic rings. The zero-order chi connectivity index (χ0) is 21.7. The summed E-state index contributed by atoms with van der Waals surface area (Å²) >= 11 is 0. The van der Waals surface area contributed by atoms with Crippen molar-refractivity contribution in [2.24, 2.45) is 11.8 Å². The monoisotopic (exact) mass is 432 g/mol. The zero-order valence-electron chi connectivity index (χ0n) is 16.1. The van der Waals surface area contributed by atoms with Crippen LogP contribution in [0.25, 0.3) is 0 Å². The van der Waals surface area contributed by atoms with Gasteiger partial charge in [-0.3, -0.25) is 4.55 Å². The van der Waals surface area contributed by atoms with E-state index in [4.69, 9.17) is 9.29 Å². The molecule has 0 saturated heterocycles. The molecule has 0 radical (unpaired) electrons. The molecule has 2 aliphatic rings. The van der Waals surface area contributed by atoms with E-state index in [-0.39, 0.29) is 18.3 Å². The van der Waals surface area contributed by atoms with Crippen LogP contribution in [0.1, 0.15) is 46.3 Å². The molecule has 7 nitrogen and oxygen atoms in total. The highest BCUT2D eigenvalue weighted by atomic mass is 32.2. The fourth-order valence-electron chi connectivity index (χ4n) is 4.22. The highest BCUT2D eigenvalue weighted by Gasteiger charge is 2.57. The van der Waals surface area contributed by atoms with E-state index in [0.717, 1.165) is 16.7 Å². The number of fused-ring (bicyclic) bond motifs is 2. The summed E-state index contributed by atoms with van der Waals surface area (Å²) in [7, 11) is -5.90. The lowest BCUT2D eigenvalue weighted by Crippen LogP contribution is -2.42. The molecule has 0 amide bonds. The lowest BCUT2D eigenvalue weighted by Gasteiger charge is -2.28. The van der Waals surface area contributed by atoms with Gasteiger partial charge in [0.05, 0.1) is 5.56 Å². The first-order chi connectivity index (χ1) is 13.3. The number of carbonyl (C=O) groups is 2. The Labute approximate surface area is 167 Å². The van der Waals surface area contributed by atoms with Gasteiger partial charge in [0.15, 0.2) is 0 Å². The van der Waals surface area contributed by atoms with E-state index in [1.54, 1.807) is 6.07 Å². The molecule has 0 spiro atoms. The van der Waals surface area contributed by atoms with Gasteiger partial charge in [0.2, 0.25) is 0 Å². The van der Waals surface area contributed by atoms with Crippen LogP contribution in [-0.4, -0.2) is 42.4 Å². The van der Waals surface area contributed by atoms with Crippen LogP contribution in [0.15, 0.2) is 12.1 Å². The average Bonchev–Trinajstić information content (AvgIpc) is 3.16. The Bertz CT molecular complexity index is 958. The third-order valence-corrected chi connectivity index (χ3v) is 6.65. The summed E-state index contributed by atoms with van der Waals surface area (Å²) in [6.45, 7) is 5.61. The summed E-state index contributed by atoms with van der Waals surface area (Å²) in [5.74, 6) is -3.25. The Kier molecular flexibility index (Phi) is 5.46. The standard InChI is InChI=1S/C19H22F2O7S/c1-9-4-10(2)11(3)14(5-9)17(22)27-15-7-13-6-12(15)8-16(13)28-18(23)19(20,21)29(24,25)26/h4-5,12-13,15-16H,6-8H2,1-3H3,(H,24,25,26). The summed E-state index contributed by atoms with van der Waals surface area (Å²) in [6.07, 6.45) is -0.306. The SMILES string of the molecule is Cc1cc(C)c(C)c(C(=O)OC2CC3CC2CC3OC(=O)C(F)(F)S(=O)(=O)O)c1. The molecule has 0 heterocycles. The number of alkyl halides is 2. The highest BCUT2D eigenvalue weighted by Crippen LogP contribution is 2.48. The summed E-state index contributed by atoms with van der Waals surface area (Å²) < 4.78 is 66.9. The molecule has 29 heavy (non-hydrogen) atoms. The van der Waals surface area contributed by atoms with Crippen LogP contribution in [0.3, 0.4) is 0 Å². The molecule has 1 aromatic carbocycles. The maximum absolute atomic E-state index is 13.4.